The highest BCUT2D eigenvalue weighted by Gasteiger charge is 2.33. The van der Waals surface area contributed by atoms with Gasteiger partial charge in [0, 0.05) is 44.6 Å². The minimum atomic E-state index is -0.315. The molecule has 1 aromatic carbocycles. The van der Waals surface area contributed by atoms with Gasteiger partial charge in [-0.2, -0.15) is 0 Å². The van der Waals surface area contributed by atoms with Crippen LogP contribution < -0.4 is 9.47 Å². The van der Waals surface area contributed by atoms with E-state index in [1.807, 2.05) is 13.8 Å². The van der Waals surface area contributed by atoms with Gasteiger partial charge in [-0.05, 0) is 32.0 Å². The van der Waals surface area contributed by atoms with Crippen molar-refractivity contribution in [1.29, 1.82) is 0 Å². The Morgan fingerprint density at radius 3 is 2.26 bits per heavy atom. The second kappa shape index (κ2) is 10.2. The summed E-state index contributed by atoms with van der Waals surface area (Å²) in [6.07, 6.45) is 0.309. The zero-order valence-electron chi connectivity index (χ0n) is 20.0. The van der Waals surface area contributed by atoms with Crippen molar-refractivity contribution in [2.24, 2.45) is 0 Å². The maximum Gasteiger partial charge on any atom is 0.254 e. The highest BCUT2D eigenvalue weighted by molar-refractivity contribution is 6.04. The molecular weight excluding hydrogens is 456 g/mol. The molecule has 11 heteroatoms. The average Bonchev–Trinajstić information content (AvgIpc) is 3.36. The number of ether oxygens (including phenoxy) is 2. The number of rotatable bonds is 7. The van der Waals surface area contributed by atoms with E-state index in [0.717, 1.165) is 16.2 Å². The van der Waals surface area contributed by atoms with E-state index in [-0.39, 0.29) is 49.6 Å². The first-order chi connectivity index (χ1) is 16.8. The minimum Gasteiger partial charge on any atom is -0.493 e. The molecule has 0 atom stereocenters. The fourth-order valence-electron chi connectivity index (χ4n) is 4.15. The minimum absolute atomic E-state index is 0.154. The molecule has 35 heavy (non-hydrogen) atoms. The van der Waals surface area contributed by atoms with Gasteiger partial charge in [-0.3, -0.25) is 24.1 Å². The van der Waals surface area contributed by atoms with E-state index >= 15 is 0 Å². The highest BCUT2D eigenvalue weighted by atomic mass is 16.5. The van der Waals surface area contributed by atoms with Crippen molar-refractivity contribution in [3.05, 3.63) is 40.8 Å². The van der Waals surface area contributed by atoms with E-state index in [9.17, 15) is 19.2 Å². The van der Waals surface area contributed by atoms with Crippen LogP contribution in [-0.2, 0) is 21.0 Å². The van der Waals surface area contributed by atoms with Crippen LogP contribution in [0.2, 0.25) is 0 Å². The predicted octanol–water partition coefficient (Wildman–Crippen LogP) is 1.31. The number of amides is 4. The molecule has 0 bridgehead atoms. The molecule has 1 aromatic heterocycles. The SMILES string of the molecule is COc1cc(C(=O)N2CCN(C(=O)CN3C(=O)CCC3=O)CC2)ccc1OCc1c(C)noc1C. The number of benzene rings is 1. The number of aromatic nitrogens is 1. The number of aryl methyl sites for hydroxylation is 2. The van der Waals surface area contributed by atoms with Crippen LogP contribution in [0.3, 0.4) is 0 Å². The number of hydrogen-bond acceptors (Lipinski definition) is 8. The lowest BCUT2D eigenvalue weighted by atomic mass is 10.1. The molecule has 186 valence electrons. The van der Waals surface area contributed by atoms with Crippen molar-refractivity contribution in [1.82, 2.24) is 19.9 Å². The van der Waals surface area contributed by atoms with E-state index in [0.29, 0.717) is 49.0 Å². The maximum atomic E-state index is 13.1. The van der Waals surface area contributed by atoms with Gasteiger partial charge in [0.25, 0.3) is 5.91 Å². The van der Waals surface area contributed by atoms with Gasteiger partial charge in [-0.15, -0.1) is 0 Å². The third-order valence-electron chi connectivity index (χ3n) is 6.33. The molecule has 2 saturated heterocycles. The summed E-state index contributed by atoms with van der Waals surface area (Å²) < 4.78 is 16.5. The Morgan fingerprint density at radius 1 is 1.00 bits per heavy atom. The summed E-state index contributed by atoms with van der Waals surface area (Å²) in [5.74, 6) is 0.501. The number of carbonyl (C=O) groups is 4. The smallest absolute Gasteiger partial charge is 0.254 e. The fraction of sp³-hybridized carbons (Fsp3) is 0.458. The van der Waals surface area contributed by atoms with E-state index in [1.54, 1.807) is 28.0 Å². The van der Waals surface area contributed by atoms with E-state index in [2.05, 4.69) is 5.16 Å². The summed E-state index contributed by atoms with van der Waals surface area (Å²) in [5.41, 5.74) is 2.06. The lowest BCUT2D eigenvalue weighted by Crippen LogP contribution is -2.53. The molecule has 2 aliphatic rings. The molecule has 2 aliphatic heterocycles. The highest BCUT2D eigenvalue weighted by Crippen LogP contribution is 2.30. The number of carbonyl (C=O) groups excluding carboxylic acids is 4. The molecule has 3 heterocycles. The molecule has 0 aliphatic carbocycles. The summed E-state index contributed by atoms with van der Waals surface area (Å²) in [7, 11) is 1.51. The molecule has 11 nitrogen and oxygen atoms in total. The summed E-state index contributed by atoms with van der Waals surface area (Å²) in [5, 5.41) is 3.92. The quantitative estimate of drug-likeness (QED) is 0.539. The summed E-state index contributed by atoms with van der Waals surface area (Å²) >= 11 is 0. The van der Waals surface area contributed by atoms with Crippen LogP contribution in [-0.4, -0.2) is 83.3 Å². The Morgan fingerprint density at radius 2 is 1.66 bits per heavy atom. The Hall–Kier alpha value is -3.89. The molecule has 2 fully saturated rings. The lowest BCUT2D eigenvalue weighted by molar-refractivity contribution is -0.146. The van der Waals surface area contributed by atoms with Gasteiger partial charge >= 0.3 is 0 Å². The molecule has 0 N–H and O–H groups in total. The molecule has 0 radical (unpaired) electrons. The molecule has 0 spiro atoms. The Bertz CT molecular complexity index is 1120. The maximum absolute atomic E-state index is 13.1. The van der Waals surface area contributed by atoms with Crippen LogP contribution in [0.5, 0.6) is 11.5 Å². The van der Waals surface area contributed by atoms with E-state index in [1.165, 1.54) is 7.11 Å². The van der Waals surface area contributed by atoms with Crippen LogP contribution in [0, 0.1) is 13.8 Å². The van der Waals surface area contributed by atoms with Gasteiger partial charge in [-0.1, -0.05) is 5.16 Å². The molecule has 0 saturated carbocycles. The van der Waals surface area contributed by atoms with Gasteiger partial charge < -0.3 is 23.8 Å². The lowest BCUT2D eigenvalue weighted by Gasteiger charge is -2.35. The molecule has 2 aromatic rings. The first-order valence-corrected chi connectivity index (χ1v) is 11.4. The predicted molar refractivity (Wildman–Crippen MR) is 122 cm³/mol. The van der Waals surface area contributed by atoms with Crippen molar-refractivity contribution < 1.29 is 33.2 Å². The number of nitrogens with zero attached hydrogens (tertiary/aromatic N) is 4. The first-order valence-electron chi connectivity index (χ1n) is 11.4. The third kappa shape index (κ3) is 5.13. The van der Waals surface area contributed by atoms with Crippen molar-refractivity contribution in [3.63, 3.8) is 0 Å². The number of hydrogen-bond donors (Lipinski definition) is 0. The number of piperazine rings is 1. The van der Waals surface area contributed by atoms with Crippen molar-refractivity contribution in [2.45, 2.75) is 33.3 Å². The number of likely N-dealkylation sites (tertiary alicyclic amines) is 1. The molecule has 4 amide bonds. The van der Waals surface area contributed by atoms with Gasteiger partial charge in [-0.25, -0.2) is 0 Å². The van der Waals surface area contributed by atoms with Gasteiger partial charge in [0.15, 0.2) is 11.5 Å². The second-order valence-corrected chi connectivity index (χ2v) is 8.50. The van der Waals surface area contributed by atoms with E-state index in [4.69, 9.17) is 14.0 Å². The van der Waals surface area contributed by atoms with Crippen LogP contribution in [0.25, 0.3) is 0 Å². The molecule has 4 rings (SSSR count). The summed E-state index contributed by atoms with van der Waals surface area (Å²) in [6.45, 7) is 5.03. The normalized spacial score (nSPS) is 16.1. The van der Waals surface area contributed by atoms with Crippen molar-refractivity contribution in [3.8, 4) is 11.5 Å². The third-order valence-corrected chi connectivity index (χ3v) is 6.33. The average molecular weight is 485 g/mol. The zero-order valence-corrected chi connectivity index (χ0v) is 20.0. The summed E-state index contributed by atoms with van der Waals surface area (Å²) in [4.78, 5) is 53.4. The van der Waals surface area contributed by atoms with Crippen LogP contribution in [0.4, 0.5) is 0 Å². The van der Waals surface area contributed by atoms with Crippen LogP contribution in [0.1, 0.15) is 40.2 Å². The van der Waals surface area contributed by atoms with Gasteiger partial charge in [0.1, 0.15) is 18.9 Å². The van der Waals surface area contributed by atoms with Gasteiger partial charge in [0.05, 0.1) is 18.4 Å². The van der Waals surface area contributed by atoms with Crippen LogP contribution >= 0.6 is 0 Å². The first kappa shape index (κ1) is 24.2. The van der Waals surface area contributed by atoms with Crippen molar-refractivity contribution in [2.75, 3.05) is 39.8 Å². The largest absolute Gasteiger partial charge is 0.493 e. The monoisotopic (exact) mass is 484 g/mol. The number of methoxy groups -OCH3 is 1. The zero-order chi connectivity index (χ0) is 25.1. The Kier molecular flexibility index (Phi) is 7.04. The topological polar surface area (TPSA) is 122 Å². The van der Waals surface area contributed by atoms with E-state index < -0.39 is 0 Å². The Labute approximate surface area is 202 Å². The standard InChI is InChI=1S/C24H28N4O7/c1-15-18(16(2)35-25-15)14-34-19-5-4-17(12-20(19)33-3)24(32)27-10-8-26(9-11-27)23(31)13-28-21(29)6-7-22(28)30/h4-5,12H,6-11,13-14H2,1-3H3. The second-order valence-electron chi connectivity index (χ2n) is 8.50. The van der Waals surface area contributed by atoms with Crippen molar-refractivity contribution >= 4 is 23.6 Å². The fourth-order valence-corrected chi connectivity index (χ4v) is 4.15. The molecule has 0 unspecified atom stereocenters. The van der Waals surface area contributed by atoms with Gasteiger partial charge in [0.2, 0.25) is 17.7 Å². The Balaban J connectivity index is 1.34. The summed E-state index contributed by atoms with van der Waals surface area (Å²) in [6, 6.07) is 5.00. The molecular formula is C24H28N4O7. The number of imide groups is 1. The van der Waals surface area contributed by atoms with Crippen LogP contribution in [0.15, 0.2) is 22.7 Å².